The van der Waals surface area contributed by atoms with E-state index in [0.29, 0.717) is 22.2 Å². The Kier molecular flexibility index (Phi) is 5.76. The van der Waals surface area contributed by atoms with Crippen molar-refractivity contribution in [1.29, 1.82) is 0 Å². The topological polar surface area (TPSA) is 96.0 Å². The third-order valence-corrected chi connectivity index (χ3v) is 5.43. The first-order chi connectivity index (χ1) is 14.5. The molecule has 4 rings (SSSR count). The van der Waals surface area contributed by atoms with Crippen LogP contribution in [0.4, 0.5) is 5.69 Å². The predicted molar refractivity (Wildman–Crippen MR) is 118 cm³/mol. The average Bonchev–Trinajstić information content (AvgIpc) is 3.58. The molecule has 1 aliphatic carbocycles. The van der Waals surface area contributed by atoms with Crippen LogP contribution in [0.2, 0.25) is 0 Å². The van der Waals surface area contributed by atoms with E-state index < -0.39 is 0 Å². The van der Waals surface area contributed by atoms with Gasteiger partial charge in [0.15, 0.2) is 4.77 Å². The Morgan fingerprint density at radius 3 is 2.57 bits per heavy atom. The highest BCUT2D eigenvalue weighted by Gasteiger charge is 2.29. The van der Waals surface area contributed by atoms with Crippen LogP contribution in [-0.2, 0) is 22.7 Å². The molecule has 0 radical (unpaired) electrons. The SMILES string of the molecule is O=C(CCn1c(=S)[nH]c2ccccc2c1=O)NCc1ccc(NC(=O)C2CC2)cc1. The summed E-state index contributed by atoms with van der Waals surface area (Å²) in [6, 6.07) is 14.5. The summed E-state index contributed by atoms with van der Waals surface area (Å²) in [5.41, 5.74) is 2.16. The first-order valence-electron chi connectivity index (χ1n) is 9.89. The minimum absolute atomic E-state index is 0.0679. The van der Waals surface area contributed by atoms with Gasteiger partial charge in [0.1, 0.15) is 0 Å². The number of rotatable bonds is 7. The van der Waals surface area contributed by atoms with Gasteiger partial charge < -0.3 is 15.6 Å². The molecule has 2 amide bonds. The number of carbonyl (C=O) groups is 2. The Morgan fingerprint density at radius 2 is 1.83 bits per heavy atom. The van der Waals surface area contributed by atoms with Crippen LogP contribution in [0.1, 0.15) is 24.8 Å². The predicted octanol–water partition coefficient (Wildman–Crippen LogP) is 3.11. The Labute approximate surface area is 178 Å². The van der Waals surface area contributed by atoms with Gasteiger partial charge in [-0.3, -0.25) is 19.0 Å². The molecule has 0 aliphatic heterocycles. The number of anilines is 1. The van der Waals surface area contributed by atoms with Crippen molar-refractivity contribution >= 4 is 40.6 Å². The summed E-state index contributed by atoms with van der Waals surface area (Å²) in [5, 5.41) is 6.28. The van der Waals surface area contributed by atoms with Gasteiger partial charge in [-0.25, -0.2) is 0 Å². The van der Waals surface area contributed by atoms with Gasteiger partial charge in [-0.05, 0) is 54.9 Å². The van der Waals surface area contributed by atoms with E-state index in [9.17, 15) is 14.4 Å². The molecule has 1 saturated carbocycles. The van der Waals surface area contributed by atoms with Crippen LogP contribution in [0.15, 0.2) is 53.3 Å². The molecule has 8 heteroatoms. The fraction of sp³-hybridized carbons (Fsp3) is 0.273. The maximum absolute atomic E-state index is 12.6. The fourth-order valence-electron chi connectivity index (χ4n) is 3.20. The van der Waals surface area contributed by atoms with Crippen molar-refractivity contribution < 1.29 is 9.59 Å². The summed E-state index contributed by atoms with van der Waals surface area (Å²) in [7, 11) is 0. The number of hydrogen-bond acceptors (Lipinski definition) is 4. The third kappa shape index (κ3) is 4.65. The van der Waals surface area contributed by atoms with Gasteiger partial charge in [0, 0.05) is 31.1 Å². The Balaban J connectivity index is 1.31. The van der Waals surface area contributed by atoms with E-state index in [-0.39, 0.29) is 36.3 Å². The summed E-state index contributed by atoms with van der Waals surface area (Å²) in [6.07, 6.45) is 2.07. The zero-order chi connectivity index (χ0) is 21.1. The maximum Gasteiger partial charge on any atom is 0.262 e. The minimum atomic E-state index is -0.203. The first kappa shape index (κ1) is 20.0. The molecule has 3 N–H and O–H groups in total. The molecule has 30 heavy (non-hydrogen) atoms. The lowest BCUT2D eigenvalue weighted by Crippen LogP contribution is -2.28. The van der Waals surface area contributed by atoms with Crippen molar-refractivity contribution in [3.63, 3.8) is 0 Å². The highest BCUT2D eigenvalue weighted by atomic mass is 32.1. The van der Waals surface area contributed by atoms with E-state index in [1.807, 2.05) is 30.3 Å². The monoisotopic (exact) mass is 422 g/mol. The summed E-state index contributed by atoms with van der Waals surface area (Å²) in [4.78, 5) is 39.7. The van der Waals surface area contributed by atoms with Crippen molar-refractivity contribution in [2.75, 3.05) is 5.32 Å². The minimum Gasteiger partial charge on any atom is -0.352 e. The van der Waals surface area contributed by atoms with Crippen LogP contribution in [0.5, 0.6) is 0 Å². The molecule has 7 nitrogen and oxygen atoms in total. The first-order valence-corrected chi connectivity index (χ1v) is 10.3. The number of nitrogens with zero attached hydrogens (tertiary/aromatic N) is 1. The molecule has 0 saturated heterocycles. The Bertz CT molecular complexity index is 1210. The largest absolute Gasteiger partial charge is 0.352 e. The second-order valence-electron chi connectivity index (χ2n) is 7.42. The van der Waals surface area contributed by atoms with Gasteiger partial charge in [0.25, 0.3) is 5.56 Å². The van der Waals surface area contributed by atoms with Gasteiger partial charge in [0.2, 0.25) is 11.8 Å². The van der Waals surface area contributed by atoms with Gasteiger partial charge in [0.05, 0.1) is 10.9 Å². The van der Waals surface area contributed by atoms with Crippen molar-refractivity contribution in [2.24, 2.45) is 5.92 Å². The zero-order valence-corrected chi connectivity index (χ0v) is 17.1. The molecule has 0 spiro atoms. The molecule has 1 aromatic heterocycles. The molecule has 0 atom stereocenters. The number of aromatic nitrogens is 2. The van der Waals surface area contributed by atoms with E-state index in [4.69, 9.17) is 12.2 Å². The number of benzene rings is 2. The fourth-order valence-corrected chi connectivity index (χ4v) is 3.48. The van der Waals surface area contributed by atoms with Crippen molar-refractivity contribution in [2.45, 2.75) is 32.4 Å². The van der Waals surface area contributed by atoms with Crippen molar-refractivity contribution in [1.82, 2.24) is 14.9 Å². The molecular weight excluding hydrogens is 400 g/mol. The van der Waals surface area contributed by atoms with Gasteiger partial charge >= 0.3 is 0 Å². The lowest BCUT2D eigenvalue weighted by atomic mass is 10.2. The lowest BCUT2D eigenvalue weighted by Gasteiger charge is -2.09. The quantitative estimate of drug-likeness (QED) is 0.510. The summed E-state index contributed by atoms with van der Waals surface area (Å²) >= 11 is 5.27. The highest BCUT2D eigenvalue weighted by molar-refractivity contribution is 7.71. The molecule has 154 valence electrons. The van der Waals surface area contributed by atoms with Crippen LogP contribution in [-0.4, -0.2) is 21.4 Å². The van der Waals surface area contributed by atoms with Crippen molar-refractivity contribution in [3.8, 4) is 0 Å². The average molecular weight is 423 g/mol. The number of H-pyrrole nitrogens is 1. The van der Waals surface area contributed by atoms with Gasteiger partial charge in [-0.1, -0.05) is 24.3 Å². The standard InChI is InChI=1S/C22H22N4O3S/c27-19(11-12-26-21(29)17-3-1-2-4-18(17)25-22(26)30)23-13-14-5-9-16(10-6-14)24-20(28)15-7-8-15/h1-6,9-10,15H,7-8,11-13H2,(H,23,27)(H,24,28)(H,25,30). The van der Waals surface area contributed by atoms with E-state index >= 15 is 0 Å². The second kappa shape index (κ2) is 8.62. The third-order valence-electron chi connectivity index (χ3n) is 5.11. The van der Waals surface area contributed by atoms with Crippen molar-refractivity contribution in [3.05, 3.63) is 69.2 Å². The van der Waals surface area contributed by atoms with Gasteiger partial charge in [-0.2, -0.15) is 0 Å². The summed E-state index contributed by atoms with van der Waals surface area (Å²) < 4.78 is 1.71. The molecular formula is C22H22N4O3S. The number of nitrogens with one attached hydrogen (secondary N) is 3. The number of carbonyl (C=O) groups excluding carboxylic acids is 2. The number of fused-ring (bicyclic) bond motifs is 1. The molecule has 1 heterocycles. The maximum atomic E-state index is 12.6. The van der Waals surface area contributed by atoms with Crippen LogP contribution in [0.3, 0.4) is 0 Å². The summed E-state index contributed by atoms with van der Waals surface area (Å²) in [5.74, 6) is 0.0567. The number of hydrogen-bond donors (Lipinski definition) is 3. The van der Waals surface area contributed by atoms with Crippen LogP contribution in [0, 0.1) is 10.7 Å². The zero-order valence-electron chi connectivity index (χ0n) is 16.3. The van der Waals surface area contributed by atoms with Crippen LogP contribution < -0.4 is 16.2 Å². The van der Waals surface area contributed by atoms with Gasteiger partial charge in [-0.15, -0.1) is 0 Å². The molecule has 1 aliphatic rings. The van der Waals surface area contributed by atoms with Crippen LogP contribution >= 0.6 is 12.2 Å². The van der Waals surface area contributed by atoms with E-state index in [1.54, 1.807) is 18.2 Å². The smallest absolute Gasteiger partial charge is 0.262 e. The number of aromatic amines is 1. The van der Waals surface area contributed by atoms with E-state index in [2.05, 4.69) is 15.6 Å². The van der Waals surface area contributed by atoms with E-state index in [0.717, 1.165) is 24.1 Å². The highest BCUT2D eigenvalue weighted by Crippen LogP contribution is 2.30. The molecule has 2 aromatic carbocycles. The van der Waals surface area contributed by atoms with Crippen LogP contribution in [0.25, 0.3) is 10.9 Å². The normalized spacial score (nSPS) is 13.2. The Hall–Kier alpha value is -3.26. The molecule has 0 unspecified atom stereocenters. The molecule has 1 fully saturated rings. The number of amides is 2. The second-order valence-corrected chi connectivity index (χ2v) is 7.81. The summed E-state index contributed by atoms with van der Waals surface area (Å²) in [6.45, 7) is 0.576. The molecule has 0 bridgehead atoms. The molecule has 3 aromatic rings. The van der Waals surface area contributed by atoms with E-state index in [1.165, 1.54) is 4.57 Å². The lowest BCUT2D eigenvalue weighted by molar-refractivity contribution is -0.121. The Morgan fingerprint density at radius 1 is 1.10 bits per heavy atom. The number of para-hydroxylation sites is 1.